The lowest BCUT2D eigenvalue weighted by Crippen LogP contribution is -2.50. The predicted octanol–water partition coefficient (Wildman–Crippen LogP) is 4.06. The summed E-state index contributed by atoms with van der Waals surface area (Å²) < 4.78 is 45.3. The number of methoxy groups -OCH3 is 2. The first-order valence-corrected chi connectivity index (χ1v) is 15.5. The molecule has 0 bridgehead atoms. The maximum absolute atomic E-state index is 13.8. The molecule has 0 radical (unpaired) electrons. The van der Waals surface area contributed by atoms with E-state index >= 15 is 0 Å². The average molecular weight is 582 g/mol. The fourth-order valence-corrected chi connectivity index (χ4v) is 7.42. The van der Waals surface area contributed by atoms with Crippen molar-refractivity contribution in [2.24, 2.45) is 0 Å². The molecule has 0 spiro atoms. The van der Waals surface area contributed by atoms with Crippen molar-refractivity contribution in [1.82, 2.24) is 14.5 Å². The Bertz CT molecular complexity index is 1450. The van der Waals surface area contributed by atoms with Crippen LogP contribution in [0.4, 0.5) is 0 Å². The fourth-order valence-electron chi connectivity index (χ4n) is 5.35. The summed E-state index contributed by atoms with van der Waals surface area (Å²) in [4.78, 5) is 15.4. The molecule has 1 aliphatic carbocycles. The van der Waals surface area contributed by atoms with Crippen molar-refractivity contribution >= 4 is 15.9 Å². The Morgan fingerprint density at radius 2 is 1.71 bits per heavy atom. The molecule has 5 rings (SSSR count). The number of benzene rings is 2. The van der Waals surface area contributed by atoms with Gasteiger partial charge in [-0.15, -0.1) is 0 Å². The molecule has 9 nitrogen and oxygen atoms in total. The van der Waals surface area contributed by atoms with Crippen LogP contribution >= 0.6 is 0 Å². The second-order valence-electron chi connectivity index (χ2n) is 11.0. The number of amides is 1. The van der Waals surface area contributed by atoms with Crippen LogP contribution in [0.3, 0.4) is 0 Å². The zero-order chi connectivity index (χ0) is 29.1. The number of rotatable bonds is 13. The van der Waals surface area contributed by atoms with E-state index in [1.54, 1.807) is 46.3 Å². The quantitative estimate of drug-likeness (QED) is 0.325. The van der Waals surface area contributed by atoms with Gasteiger partial charge in [-0.3, -0.25) is 9.69 Å². The Hall–Kier alpha value is -3.18. The van der Waals surface area contributed by atoms with Crippen LogP contribution in [0.5, 0.6) is 5.75 Å². The number of hydrogen-bond acceptors (Lipinski definition) is 7. The summed E-state index contributed by atoms with van der Waals surface area (Å²) in [6.07, 6.45) is 4.05. The molecule has 2 aromatic carbocycles. The Balaban J connectivity index is 1.16. The third-order valence-corrected chi connectivity index (χ3v) is 10.0. The van der Waals surface area contributed by atoms with Crippen LogP contribution in [0.15, 0.2) is 58.0 Å². The number of carbonyl (C=O) groups is 1. The van der Waals surface area contributed by atoms with Gasteiger partial charge in [0.2, 0.25) is 10.0 Å². The molecule has 220 valence electrons. The molecule has 41 heavy (non-hydrogen) atoms. The summed E-state index contributed by atoms with van der Waals surface area (Å²) in [7, 11) is -0.465. The molecule has 0 atom stereocenters. The smallest absolute Gasteiger partial charge is 0.254 e. The van der Waals surface area contributed by atoms with Crippen molar-refractivity contribution < 1.29 is 27.1 Å². The molecular weight excluding hydrogens is 542 g/mol. The van der Waals surface area contributed by atoms with Gasteiger partial charge in [-0.2, -0.15) is 4.31 Å². The van der Waals surface area contributed by atoms with Crippen LogP contribution < -0.4 is 10.1 Å². The van der Waals surface area contributed by atoms with E-state index in [-0.39, 0.29) is 18.5 Å². The minimum absolute atomic E-state index is 0.0705. The minimum Gasteiger partial charge on any atom is -0.497 e. The number of likely N-dealkylation sites (tertiary alicyclic amines) is 1. The highest BCUT2D eigenvalue weighted by molar-refractivity contribution is 7.89. The minimum atomic E-state index is -3.78. The third-order valence-electron chi connectivity index (χ3n) is 7.80. The normalized spacial score (nSPS) is 16.1. The first-order chi connectivity index (χ1) is 19.7. The van der Waals surface area contributed by atoms with Gasteiger partial charge in [-0.25, -0.2) is 8.42 Å². The summed E-state index contributed by atoms with van der Waals surface area (Å²) in [6.45, 7) is 6.97. The van der Waals surface area contributed by atoms with E-state index in [9.17, 15) is 13.2 Å². The fraction of sp³-hybridized carbons (Fsp3) is 0.452. The summed E-state index contributed by atoms with van der Waals surface area (Å²) in [6, 6.07) is 13.5. The van der Waals surface area contributed by atoms with E-state index in [4.69, 9.17) is 13.9 Å². The van der Waals surface area contributed by atoms with Crippen LogP contribution in [-0.4, -0.2) is 69.5 Å². The molecule has 3 aromatic rings. The van der Waals surface area contributed by atoms with Crippen LogP contribution in [0.2, 0.25) is 0 Å². The Labute approximate surface area is 242 Å². The predicted molar refractivity (Wildman–Crippen MR) is 155 cm³/mol. The van der Waals surface area contributed by atoms with Crippen LogP contribution in [0.1, 0.15) is 51.2 Å². The van der Waals surface area contributed by atoms with Crippen molar-refractivity contribution in [2.75, 3.05) is 33.9 Å². The lowest BCUT2D eigenvalue weighted by Gasteiger charge is -2.38. The van der Waals surface area contributed by atoms with Gasteiger partial charge in [0, 0.05) is 39.3 Å². The maximum atomic E-state index is 13.8. The van der Waals surface area contributed by atoms with E-state index < -0.39 is 10.0 Å². The van der Waals surface area contributed by atoms with E-state index in [0.29, 0.717) is 52.2 Å². The molecule has 1 aliphatic heterocycles. The van der Waals surface area contributed by atoms with Crippen molar-refractivity contribution in [3.8, 4) is 5.75 Å². The molecule has 1 aromatic heterocycles. The average Bonchev–Trinajstić information content (AvgIpc) is 3.65. The topological polar surface area (TPSA) is 101 Å². The van der Waals surface area contributed by atoms with E-state index in [2.05, 4.69) is 34.5 Å². The number of nitrogens with zero attached hydrogens (tertiary/aromatic N) is 2. The highest BCUT2D eigenvalue weighted by Crippen LogP contribution is 2.36. The highest BCUT2D eigenvalue weighted by atomic mass is 32.2. The second kappa shape index (κ2) is 12.4. The molecule has 2 heterocycles. The van der Waals surface area contributed by atoms with E-state index in [0.717, 1.165) is 38.0 Å². The molecule has 1 amide bonds. The van der Waals surface area contributed by atoms with Gasteiger partial charge in [0.25, 0.3) is 5.91 Å². The third kappa shape index (κ3) is 6.83. The van der Waals surface area contributed by atoms with Gasteiger partial charge in [0.05, 0.1) is 30.2 Å². The molecule has 1 N–H and O–H groups in total. The zero-order valence-corrected chi connectivity index (χ0v) is 25.0. The Morgan fingerprint density at radius 1 is 1.05 bits per heavy atom. The number of aryl methyl sites for hydroxylation is 2. The molecule has 2 fully saturated rings. The second-order valence-corrected chi connectivity index (χ2v) is 12.9. The maximum Gasteiger partial charge on any atom is 0.254 e. The summed E-state index contributed by atoms with van der Waals surface area (Å²) in [5.74, 6) is 0.813. The van der Waals surface area contributed by atoms with Gasteiger partial charge in [0.1, 0.15) is 17.8 Å². The standard InChI is InChI=1S/C31H39N3O6S/c1-21-13-27(38-3)14-22(2)30(21)41(36,37)34(26-9-10-26)19-28-15-25(20-40-28)31(35)32-12-11-23-5-7-24(8-6-23)16-33-17-29(18-33)39-4/h5-8,13-15,20,26,29H,9-12,16-19H2,1-4H3,(H,32,35). The Kier molecular flexibility index (Phi) is 8.84. The Morgan fingerprint density at radius 3 is 2.32 bits per heavy atom. The lowest BCUT2D eigenvalue weighted by molar-refractivity contribution is -0.0334. The van der Waals surface area contributed by atoms with Gasteiger partial charge in [0.15, 0.2) is 0 Å². The van der Waals surface area contributed by atoms with Gasteiger partial charge >= 0.3 is 0 Å². The highest BCUT2D eigenvalue weighted by Gasteiger charge is 2.40. The monoisotopic (exact) mass is 581 g/mol. The van der Waals surface area contributed by atoms with E-state index in [1.807, 2.05) is 0 Å². The van der Waals surface area contributed by atoms with Crippen molar-refractivity contribution in [3.63, 3.8) is 0 Å². The first-order valence-electron chi connectivity index (χ1n) is 14.0. The number of carbonyl (C=O) groups excluding carboxylic acids is 1. The van der Waals surface area contributed by atoms with Crippen molar-refractivity contribution in [1.29, 1.82) is 0 Å². The van der Waals surface area contributed by atoms with Gasteiger partial charge in [-0.1, -0.05) is 24.3 Å². The summed E-state index contributed by atoms with van der Waals surface area (Å²) in [5.41, 5.74) is 4.06. The largest absolute Gasteiger partial charge is 0.497 e. The number of ether oxygens (including phenoxy) is 2. The molecular formula is C31H39N3O6S. The molecule has 1 saturated heterocycles. The molecule has 2 aliphatic rings. The van der Waals surface area contributed by atoms with Crippen LogP contribution in [0, 0.1) is 13.8 Å². The van der Waals surface area contributed by atoms with Gasteiger partial charge < -0.3 is 19.2 Å². The molecule has 1 saturated carbocycles. The van der Waals surface area contributed by atoms with Gasteiger partial charge in [-0.05, 0) is 73.6 Å². The number of hydrogen-bond donors (Lipinski definition) is 1. The van der Waals surface area contributed by atoms with Crippen molar-refractivity contribution in [2.45, 2.75) is 63.2 Å². The number of furan rings is 1. The summed E-state index contributed by atoms with van der Waals surface area (Å²) in [5, 5.41) is 2.94. The molecule has 0 unspecified atom stereocenters. The van der Waals surface area contributed by atoms with Crippen molar-refractivity contribution in [3.05, 3.63) is 82.3 Å². The lowest BCUT2D eigenvalue weighted by atomic mass is 10.1. The first kappa shape index (κ1) is 29.3. The molecule has 10 heteroatoms. The summed E-state index contributed by atoms with van der Waals surface area (Å²) >= 11 is 0. The number of nitrogens with one attached hydrogen (secondary N) is 1. The van der Waals surface area contributed by atoms with Crippen LogP contribution in [-0.2, 0) is 34.3 Å². The van der Waals surface area contributed by atoms with E-state index in [1.165, 1.54) is 16.1 Å². The SMILES string of the molecule is COc1cc(C)c(S(=O)(=O)N(Cc2cc(C(=O)NCCc3ccc(CN4CC(OC)C4)cc3)co2)C2CC2)c(C)c1. The van der Waals surface area contributed by atoms with Crippen LogP contribution in [0.25, 0.3) is 0 Å². The number of sulfonamides is 1. The zero-order valence-electron chi connectivity index (χ0n) is 24.2.